The Morgan fingerprint density at radius 1 is 0.935 bits per heavy atom. The van der Waals surface area contributed by atoms with Crippen molar-refractivity contribution in [2.24, 2.45) is 5.92 Å². The Morgan fingerprint density at radius 2 is 1.58 bits per heavy atom. The van der Waals surface area contributed by atoms with Crippen LogP contribution < -0.4 is 11.2 Å². The molecule has 4 atom stereocenters. The molecule has 0 unspecified atom stereocenters. The van der Waals surface area contributed by atoms with Gasteiger partial charge in [0.05, 0.1) is 32.0 Å². The van der Waals surface area contributed by atoms with E-state index >= 15 is 0 Å². The first-order valence-electron chi connectivity index (χ1n) is 10.4. The van der Waals surface area contributed by atoms with Gasteiger partial charge in [-0.3, -0.25) is 14.3 Å². The molecule has 2 N–H and O–H groups in total. The highest BCUT2D eigenvalue weighted by Gasteiger charge is 2.44. The second-order valence-corrected chi connectivity index (χ2v) is 7.83. The van der Waals surface area contributed by atoms with Crippen molar-refractivity contribution in [2.75, 3.05) is 6.61 Å². The average Bonchev–Trinajstić information content (AvgIpc) is 3.09. The van der Waals surface area contributed by atoms with E-state index in [4.69, 9.17) is 9.47 Å². The zero-order chi connectivity index (χ0) is 21.6. The van der Waals surface area contributed by atoms with Crippen molar-refractivity contribution in [1.29, 1.82) is 0 Å². The summed E-state index contributed by atoms with van der Waals surface area (Å²) >= 11 is 0. The molecule has 0 aliphatic heterocycles. The number of nitrogens with zero attached hydrogens (tertiary/aromatic N) is 1. The van der Waals surface area contributed by atoms with Gasteiger partial charge in [-0.15, -0.1) is 0 Å². The van der Waals surface area contributed by atoms with Crippen molar-refractivity contribution in [3.05, 3.63) is 105 Å². The maximum absolute atomic E-state index is 12.3. The minimum atomic E-state index is -0.905. The lowest BCUT2D eigenvalue weighted by molar-refractivity contribution is -0.0717. The third-order valence-electron chi connectivity index (χ3n) is 5.68. The summed E-state index contributed by atoms with van der Waals surface area (Å²) < 4.78 is 13.4. The van der Waals surface area contributed by atoms with Crippen molar-refractivity contribution >= 4 is 0 Å². The Labute approximate surface area is 179 Å². The molecule has 0 saturated heterocycles. The molecule has 1 aliphatic rings. The van der Waals surface area contributed by atoms with Gasteiger partial charge < -0.3 is 14.6 Å². The first-order chi connectivity index (χ1) is 15.1. The van der Waals surface area contributed by atoms with E-state index in [0.29, 0.717) is 26.2 Å². The normalized spacial score (nSPS) is 23.1. The molecule has 3 aromatic rings. The van der Waals surface area contributed by atoms with Gasteiger partial charge >= 0.3 is 5.69 Å². The fourth-order valence-electron chi connectivity index (χ4n) is 4.11. The SMILES string of the molecule is O=c1ccn([C@@H]2C[C@H](COCc3ccccc3)[C@@H](OCc3ccccc3)[C@H]2O)c(=O)[nH]1. The predicted octanol–water partition coefficient (Wildman–Crippen LogP) is 2.26. The molecule has 0 radical (unpaired) electrons. The lowest BCUT2D eigenvalue weighted by Gasteiger charge is -2.24. The van der Waals surface area contributed by atoms with Crippen molar-refractivity contribution in [3.63, 3.8) is 0 Å². The maximum atomic E-state index is 12.3. The van der Waals surface area contributed by atoms with Gasteiger partial charge in [-0.1, -0.05) is 60.7 Å². The van der Waals surface area contributed by atoms with Crippen LogP contribution in [0.5, 0.6) is 0 Å². The topological polar surface area (TPSA) is 93.5 Å². The van der Waals surface area contributed by atoms with Crippen molar-refractivity contribution < 1.29 is 14.6 Å². The Hall–Kier alpha value is -3.00. The second-order valence-electron chi connectivity index (χ2n) is 7.83. The van der Waals surface area contributed by atoms with E-state index in [1.807, 2.05) is 60.7 Å². The van der Waals surface area contributed by atoms with Crippen LogP contribution in [-0.2, 0) is 22.7 Å². The fraction of sp³-hybridized carbons (Fsp3) is 0.333. The lowest BCUT2D eigenvalue weighted by atomic mass is 10.1. The largest absolute Gasteiger partial charge is 0.388 e. The minimum absolute atomic E-state index is 0.105. The molecule has 0 amide bonds. The van der Waals surface area contributed by atoms with Crippen molar-refractivity contribution in [1.82, 2.24) is 9.55 Å². The molecule has 1 heterocycles. The van der Waals surface area contributed by atoms with E-state index < -0.39 is 29.5 Å². The molecule has 7 nitrogen and oxygen atoms in total. The van der Waals surface area contributed by atoms with Crippen molar-refractivity contribution in [3.8, 4) is 0 Å². The highest BCUT2D eigenvalue weighted by atomic mass is 16.5. The van der Waals surface area contributed by atoms with E-state index in [2.05, 4.69) is 4.98 Å². The number of rotatable bonds is 8. The average molecular weight is 422 g/mol. The summed E-state index contributed by atoms with van der Waals surface area (Å²) in [4.78, 5) is 26.0. The van der Waals surface area contributed by atoms with Crippen LogP contribution in [0.3, 0.4) is 0 Å². The summed E-state index contributed by atoms with van der Waals surface area (Å²) in [6, 6.07) is 20.4. The standard InChI is InChI=1S/C24H26N2O5/c27-21-11-12-26(24(29)25-21)20-13-19(16-30-14-17-7-3-1-4-8-17)23(22(20)28)31-15-18-9-5-2-6-10-18/h1-12,19-20,22-23,28H,13-16H2,(H,25,27,29)/t19-,20-,22+,23-/m1/s1. The van der Waals surface area contributed by atoms with Gasteiger partial charge in [0.1, 0.15) is 6.10 Å². The molecule has 162 valence electrons. The molecule has 1 aromatic heterocycles. The quantitative estimate of drug-likeness (QED) is 0.581. The van der Waals surface area contributed by atoms with Gasteiger partial charge in [-0.2, -0.15) is 0 Å². The molecule has 0 spiro atoms. The van der Waals surface area contributed by atoms with Gasteiger partial charge in [0.25, 0.3) is 5.56 Å². The minimum Gasteiger partial charge on any atom is -0.388 e. The zero-order valence-corrected chi connectivity index (χ0v) is 17.1. The number of hydrogen-bond acceptors (Lipinski definition) is 5. The zero-order valence-electron chi connectivity index (χ0n) is 17.1. The summed E-state index contributed by atoms with van der Waals surface area (Å²) in [7, 11) is 0. The Balaban J connectivity index is 1.49. The molecule has 1 aliphatic carbocycles. The Bertz CT molecular complexity index is 1080. The predicted molar refractivity (Wildman–Crippen MR) is 116 cm³/mol. The first kappa shape index (κ1) is 21.2. The number of hydrogen-bond donors (Lipinski definition) is 2. The summed E-state index contributed by atoms with van der Waals surface area (Å²) in [5.74, 6) is -0.105. The molecule has 1 fully saturated rings. The van der Waals surface area contributed by atoms with Crippen LogP contribution in [0.2, 0.25) is 0 Å². The number of benzene rings is 2. The highest BCUT2D eigenvalue weighted by molar-refractivity contribution is 5.14. The third-order valence-corrected chi connectivity index (χ3v) is 5.68. The van der Waals surface area contributed by atoms with Crippen LogP contribution >= 0.6 is 0 Å². The second kappa shape index (κ2) is 9.87. The van der Waals surface area contributed by atoms with Crippen LogP contribution in [0, 0.1) is 5.92 Å². The maximum Gasteiger partial charge on any atom is 0.328 e. The Kier molecular flexibility index (Phi) is 6.76. The monoisotopic (exact) mass is 422 g/mol. The van der Waals surface area contributed by atoms with Crippen LogP contribution in [0.25, 0.3) is 0 Å². The van der Waals surface area contributed by atoms with Gasteiger partial charge in [0.15, 0.2) is 0 Å². The van der Waals surface area contributed by atoms with Crippen LogP contribution in [0.4, 0.5) is 0 Å². The summed E-state index contributed by atoms with van der Waals surface area (Å²) in [5.41, 5.74) is 1.07. The molecule has 1 saturated carbocycles. The number of aliphatic hydroxyl groups excluding tert-OH is 1. The van der Waals surface area contributed by atoms with Crippen LogP contribution in [0.15, 0.2) is 82.5 Å². The Morgan fingerprint density at radius 3 is 2.23 bits per heavy atom. The molecule has 0 bridgehead atoms. The molecular weight excluding hydrogens is 396 g/mol. The van der Waals surface area contributed by atoms with Crippen LogP contribution in [0.1, 0.15) is 23.6 Å². The summed E-state index contributed by atoms with van der Waals surface area (Å²) in [6.07, 6.45) is 0.523. The van der Waals surface area contributed by atoms with E-state index in [9.17, 15) is 14.7 Å². The number of aromatic amines is 1. The first-order valence-corrected chi connectivity index (χ1v) is 10.4. The summed E-state index contributed by atoms with van der Waals surface area (Å²) in [6.45, 7) is 1.20. The molecule has 4 rings (SSSR count). The highest BCUT2D eigenvalue weighted by Crippen LogP contribution is 2.37. The summed E-state index contributed by atoms with van der Waals surface area (Å²) in [5, 5.41) is 11.0. The van der Waals surface area contributed by atoms with Crippen LogP contribution in [-0.4, -0.2) is 33.5 Å². The van der Waals surface area contributed by atoms with E-state index in [-0.39, 0.29) is 5.92 Å². The van der Waals surface area contributed by atoms with Gasteiger partial charge in [-0.25, -0.2) is 4.79 Å². The number of H-pyrrole nitrogens is 1. The molecule has 2 aromatic carbocycles. The van der Waals surface area contributed by atoms with Crippen molar-refractivity contribution in [2.45, 2.75) is 37.9 Å². The fourth-order valence-corrected chi connectivity index (χ4v) is 4.11. The van der Waals surface area contributed by atoms with E-state index in [1.54, 1.807) is 0 Å². The van der Waals surface area contributed by atoms with E-state index in [0.717, 1.165) is 11.1 Å². The number of aliphatic hydroxyl groups is 1. The third kappa shape index (κ3) is 5.19. The molecule has 31 heavy (non-hydrogen) atoms. The molecule has 7 heteroatoms. The van der Waals surface area contributed by atoms with Gasteiger partial charge in [-0.05, 0) is 17.5 Å². The van der Waals surface area contributed by atoms with Gasteiger partial charge in [0, 0.05) is 18.2 Å². The lowest BCUT2D eigenvalue weighted by Crippen LogP contribution is -2.38. The van der Waals surface area contributed by atoms with Gasteiger partial charge in [0.2, 0.25) is 0 Å². The van der Waals surface area contributed by atoms with E-state index in [1.165, 1.54) is 16.8 Å². The number of nitrogens with one attached hydrogen (secondary N) is 1. The smallest absolute Gasteiger partial charge is 0.328 e. The number of aromatic nitrogens is 2. The number of ether oxygens (including phenoxy) is 2. The molecular formula is C24H26N2O5.